The Morgan fingerprint density at radius 1 is 0.787 bits per heavy atom. The van der Waals surface area contributed by atoms with Crippen molar-refractivity contribution in [2.45, 2.75) is 199 Å². The second-order valence-electron chi connectivity index (χ2n) is 25.8. The number of aromatic nitrogens is 4. The van der Waals surface area contributed by atoms with Gasteiger partial charge in [-0.3, -0.25) is 19.2 Å². The molecule has 2 aromatic heterocycles. The van der Waals surface area contributed by atoms with Gasteiger partial charge in [-0.15, -0.1) is 0 Å². The van der Waals surface area contributed by atoms with E-state index in [2.05, 4.69) is 19.8 Å². The monoisotopic (exact) mass is 1240 g/mol. The molecule has 0 unspecified atom stereocenters. The summed E-state index contributed by atoms with van der Waals surface area (Å²) >= 11 is 0. The number of cyclic esters (lactones) is 1. The van der Waals surface area contributed by atoms with Crippen molar-refractivity contribution < 1.29 is 67.8 Å². The summed E-state index contributed by atoms with van der Waals surface area (Å²) in [6, 6.07) is -2.21. The minimum atomic E-state index is -2.50. The topological polar surface area (TPSA) is 300 Å². The number of aryl methyl sites for hydroxylation is 1. The normalized spacial score (nSPS) is 34.4. The Morgan fingerprint density at radius 2 is 1.49 bits per heavy atom. The number of hydrogen-bond donors (Lipinski definition) is 4. The van der Waals surface area contributed by atoms with E-state index in [-0.39, 0.29) is 56.2 Å². The van der Waals surface area contributed by atoms with Crippen molar-refractivity contribution >= 4 is 47.2 Å². The standard InChI is InChI=1S/C66H95N9O14/c1-39-15-11-10-12-16-41(3)54(85-8)33-48-20-18-45(7)66(84,89-48)60(80)61(81)75-23-14-13-17-51(75)62(82)87-55(34-52(76)42(4)30-44(6)58(78)59(79)57(77)43(5)29-39)49(67)31-46-19-21-53(56(32-46)86-9)88-65(83)74-24-22-50-47(38-74)37-70-64(71-50)73-27-25-72(26-28-73)63-68-35-40(2)36-69-63/h10-12,15-16,30,35-37,39,42-43,45-46,48-49,51,53-56,58-59,78-79,84H,13-14,17-29,31-34,38,67H2,1-9H3/b12-10+,15-11+,41-16+,44-30+/t39-,42-,43-,45-,46+,48+,49-,51+,53-,54+,55+,56-,58-,59+,66-/m1/s1. The summed E-state index contributed by atoms with van der Waals surface area (Å²) in [5.41, 5.74) is 10.8. The SMILES string of the molecule is CO[C@H]1C[C@@H]2CC[C@@H](C)[C@@](O)(O2)C(=O)C(=O)N2CCCC[C@H]2C(=O)O[C@H]([C@H](N)C[C@@H]2CC[C@@H](OC(=O)N3CCc4nc(N5CCN(c6ncc(C)cn6)CC5)ncc4C3)[C@H](OC)C2)CC(=O)[C@H](C)/C=C(\C)[C@@H](O)[C@@H](O)C(=O)[C@H](C)C[C@H](C)/C=C/C=C/C=C/1C. The number of ether oxygens (including phenoxy) is 5. The number of rotatable bonds is 8. The van der Waals surface area contributed by atoms with Crippen LogP contribution in [-0.2, 0) is 60.6 Å². The van der Waals surface area contributed by atoms with E-state index in [9.17, 15) is 44.1 Å². The molecule has 5 aliphatic heterocycles. The van der Waals surface area contributed by atoms with Crippen molar-refractivity contribution in [1.82, 2.24) is 29.7 Å². The third-order valence-corrected chi connectivity index (χ3v) is 19.0. The molecule has 1 aliphatic carbocycles. The van der Waals surface area contributed by atoms with Gasteiger partial charge in [0, 0.05) is 121 Å². The fourth-order valence-electron chi connectivity index (χ4n) is 13.3. The van der Waals surface area contributed by atoms with Crippen LogP contribution in [0, 0.1) is 36.5 Å². The summed E-state index contributed by atoms with van der Waals surface area (Å²) in [6.45, 7) is 15.8. The van der Waals surface area contributed by atoms with Crippen LogP contribution in [-0.4, -0.2) is 194 Å². The number of anilines is 2. The van der Waals surface area contributed by atoms with Gasteiger partial charge < -0.3 is 64.3 Å². The van der Waals surface area contributed by atoms with Crippen molar-refractivity contribution in [2.24, 2.45) is 35.3 Å². The van der Waals surface area contributed by atoms with Crippen molar-refractivity contribution in [2.75, 3.05) is 63.3 Å². The Labute approximate surface area is 523 Å². The number of piperazine rings is 1. The molecule has 8 rings (SSSR count). The number of methoxy groups -OCH3 is 2. The average Bonchev–Trinajstić information content (AvgIpc) is 2.44. The molecule has 3 saturated heterocycles. The van der Waals surface area contributed by atoms with Crippen LogP contribution in [0.25, 0.3) is 0 Å². The zero-order valence-corrected chi connectivity index (χ0v) is 53.4. The van der Waals surface area contributed by atoms with Gasteiger partial charge in [-0.25, -0.2) is 29.5 Å². The summed E-state index contributed by atoms with van der Waals surface area (Å²) in [5, 5.41) is 34.6. The largest absolute Gasteiger partial charge is 0.459 e. The summed E-state index contributed by atoms with van der Waals surface area (Å²) in [5.74, 6) is -7.78. The Morgan fingerprint density at radius 3 is 2.20 bits per heavy atom. The molecule has 6 aliphatic rings. The van der Waals surface area contributed by atoms with E-state index in [1.54, 1.807) is 46.1 Å². The van der Waals surface area contributed by atoms with Crippen molar-refractivity contribution in [3.05, 3.63) is 83.0 Å². The third kappa shape index (κ3) is 17.2. The number of aliphatic hydroxyl groups is 3. The number of carbonyl (C=O) groups is 6. The molecule has 0 aromatic carbocycles. The van der Waals surface area contributed by atoms with E-state index < -0.39 is 114 Å². The molecule has 488 valence electrons. The number of esters is 1. The number of nitrogens with two attached hydrogens (primary N) is 1. The molecule has 23 heteroatoms. The Balaban J connectivity index is 0.951. The molecule has 4 fully saturated rings. The number of fused-ring (bicyclic) bond motifs is 4. The molecular formula is C66H95N9O14. The second kappa shape index (κ2) is 31.1. The molecule has 15 atom stereocenters. The highest BCUT2D eigenvalue weighted by Gasteiger charge is 2.53. The Bertz CT molecular complexity index is 2930. The van der Waals surface area contributed by atoms with Crippen LogP contribution in [0.4, 0.5) is 16.7 Å². The highest BCUT2D eigenvalue weighted by Crippen LogP contribution is 2.38. The third-order valence-electron chi connectivity index (χ3n) is 19.0. The maximum absolute atomic E-state index is 14.7. The molecule has 5 N–H and O–H groups in total. The van der Waals surface area contributed by atoms with E-state index in [0.29, 0.717) is 89.3 Å². The van der Waals surface area contributed by atoms with Crippen LogP contribution in [0.2, 0.25) is 0 Å². The number of carbonyl (C=O) groups excluding carboxylic acids is 6. The molecule has 2 amide bonds. The number of hydrogen-bond acceptors (Lipinski definition) is 21. The number of aliphatic hydroxyl groups excluding tert-OH is 2. The maximum atomic E-state index is 14.7. The lowest BCUT2D eigenvalue weighted by atomic mass is 9.80. The van der Waals surface area contributed by atoms with Crippen LogP contribution >= 0.6 is 0 Å². The number of Topliss-reactive ketones (excluding diaryl/α,β-unsaturated/α-hetero) is 3. The smallest absolute Gasteiger partial charge is 0.410 e. The van der Waals surface area contributed by atoms with Gasteiger partial charge in [0.2, 0.25) is 17.7 Å². The van der Waals surface area contributed by atoms with Crippen LogP contribution in [0.15, 0.2) is 66.2 Å². The number of amides is 2. The van der Waals surface area contributed by atoms with Crippen LogP contribution in [0.3, 0.4) is 0 Å². The van der Waals surface area contributed by atoms with Crippen molar-refractivity contribution in [3.8, 4) is 0 Å². The molecule has 89 heavy (non-hydrogen) atoms. The van der Waals surface area contributed by atoms with Gasteiger partial charge in [0.25, 0.3) is 11.7 Å². The quantitative estimate of drug-likeness (QED) is 0.141. The molecule has 0 spiro atoms. The van der Waals surface area contributed by atoms with Crippen molar-refractivity contribution in [1.29, 1.82) is 0 Å². The number of allylic oxidation sites excluding steroid dienone is 6. The van der Waals surface area contributed by atoms with Crippen LogP contribution in [0.5, 0.6) is 0 Å². The maximum Gasteiger partial charge on any atom is 0.410 e. The average molecular weight is 1240 g/mol. The molecule has 2 aromatic rings. The molecule has 23 nitrogen and oxygen atoms in total. The Hall–Kier alpha value is -6.34. The Kier molecular flexibility index (Phi) is 24.0. The summed E-state index contributed by atoms with van der Waals surface area (Å²) in [7, 11) is 3.11. The highest BCUT2D eigenvalue weighted by molar-refractivity contribution is 6.39. The van der Waals surface area contributed by atoms with E-state index in [1.165, 1.54) is 13.0 Å². The highest BCUT2D eigenvalue weighted by atomic mass is 16.6. The van der Waals surface area contributed by atoms with E-state index in [0.717, 1.165) is 40.4 Å². The number of ketones is 3. The number of piperidine rings is 1. The summed E-state index contributed by atoms with van der Waals surface area (Å²) in [6.07, 6.45) is 13.3. The molecule has 0 radical (unpaired) electrons. The zero-order valence-electron chi connectivity index (χ0n) is 53.4. The molecule has 1 saturated carbocycles. The first-order valence-corrected chi connectivity index (χ1v) is 32.0. The van der Waals surface area contributed by atoms with Gasteiger partial charge in [-0.05, 0) is 114 Å². The number of nitrogens with zero attached hydrogens (tertiary/aromatic N) is 8. The van der Waals surface area contributed by atoms with Crippen LogP contribution in [0.1, 0.15) is 135 Å². The second-order valence-corrected chi connectivity index (χ2v) is 25.8. The van der Waals surface area contributed by atoms with Crippen LogP contribution < -0.4 is 15.5 Å². The predicted molar refractivity (Wildman–Crippen MR) is 331 cm³/mol. The fraction of sp³-hybridized carbons (Fsp3) is 0.667. The molecule has 2 bridgehead atoms. The van der Waals surface area contributed by atoms with Crippen molar-refractivity contribution in [3.63, 3.8) is 0 Å². The lowest BCUT2D eigenvalue weighted by Crippen LogP contribution is -2.61. The van der Waals surface area contributed by atoms with Gasteiger partial charge in [-0.1, -0.05) is 64.2 Å². The fourth-order valence-corrected chi connectivity index (χ4v) is 13.3. The van der Waals surface area contributed by atoms with Gasteiger partial charge >= 0.3 is 12.1 Å². The minimum absolute atomic E-state index is 0.0133. The lowest BCUT2D eigenvalue weighted by molar-refractivity contribution is -0.265. The van der Waals surface area contributed by atoms with Gasteiger partial charge in [0.1, 0.15) is 36.2 Å². The van der Waals surface area contributed by atoms with E-state index in [1.807, 2.05) is 63.5 Å². The summed E-state index contributed by atoms with van der Waals surface area (Å²) in [4.78, 5) is 111. The molecular weight excluding hydrogens is 1140 g/mol. The van der Waals surface area contributed by atoms with Gasteiger partial charge in [-0.2, -0.15) is 0 Å². The molecule has 7 heterocycles. The first-order chi connectivity index (χ1) is 42.5. The zero-order chi connectivity index (χ0) is 64.3. The van der Waals surface area contributed by atoms with E-state index >= 15 is 0 Å². The van der Waals surface area contributed by atoms with E-state index in [4.69, 9.17) is 39.4 Å². The first-order valence-electron chi connectivity index (χ1n) is 32.0. The minimum Gasteiger partial charge on any atom is -0.459 e. The first kappa shape index (κ1) is 68.6. The predicted octanol–water partition coefficient (Wildman–Crippen LogP) is 5.64. The van der Waals surface area contributed by atoms with Gasteiger partial charge in [0.15, 0.2) is 5.78 Å². The lowest BCUT2D eigenvalue weighted by Gasteiger charge is -2.42. The van der Waals surface area contributed by atoms with Gasteiger partial charge in [0.05, 0.1) is 30.6 Å². The summed E-state index contributed by atoms with van der Waals surface area (Å²) < 4.78 is 30.4.